The van der Waals surface area contributed by atoms with Gasteiger partial charge >= 0.3 is 0 Å². The van der Waals surface area contributed by atoms with Gasteiger partial charge in [0.05, 0.1) is 11.1 Å². The van der Waals surface area contributed by atoms with Crippen LogP contribution in [0.25, 0.3) is 0 Å². The van der Waals surface area contributed by atoms with Gasteiger partial charge in [-0.05, 0) is 48.6 Å². The molecule has 3 rings (SSSR count). The van der Waals surface area contributed by atoms with E-state index in [1.54, 1.807) is 18.3 Å². The van der Waals surface area contributed by atoms with E-state index in [2.05, 4.69) is 10.5 Å². The molecular formula is C17H18ClN3O3S2. The van der Waals surface area contributed by atoms with Crippen LogP contribution in [0.2, 0.25) is 5.02 Å². The molecule has 0 unspecified atom stereocenters. The first-order chi connectivity index (χ1) is 12.5. The molecule has 0 spiro atoms. The molecule has 138 valence electrons. The van der Waals surface area contributed by atoms with Gasteiger partial charge in [0.2, 0.25) is 15.9 Å². The third-order valence-corrected chi connectivity index (χ3v) is 7.16. The first kappa shape index (κ1) is 19.0. The van der Waals surface area contributed by atoms with Gasteiger partial charge in [-0.2, -0.15) is 9.41 Å². The number of carbonyl (C=O) groups excluding carboxylic acids is 1. The number of halogens is 1. The molecule has 1 aromatic heterocycles. The molecule has 0 radical (unpaired) electrons. The third-order valence-electron chi connectivity index (χ3n) is 4.19. The fourth-order valence-electron chi connectivity index (χ4n) is 2.73. The van der Waals surface area contributed by atoms with Gasteiger partial charge in [-0.25, -0.2) is 13.8 Å². The number of amides is 1. The van der Waals surface area contributed by atoms with Crippen LogP contribution in [0, 0.1) is 5.92 Å². The molecular weight excluding hydrogens is 394 g/mol. The van der Waals surface area contributed by atoms with E-state index >= 15 is 0 Å². The standard InChI is InChI=1S/C17H18ClN3O3S2/c18-14-3-5-16(6-4-14)26(23,24)21-9-7-13(8-10-21)17(22)20-19-12-15-2-1-11-25-15/h1-6,11-13H,7-10H2,(H,20,22)/b19-12-. The minimum atomic E-state index is -3.56. The number of piperidine rings is 1. The predicted molar refractivity (Wildman–Crippen MR) is 103 cm³/mol. The number of carbonyl (C=O) groups is 1. The summed E-state index contributed by atoms with van der Waals surface area (Å²) in [5.74, 6) is -0.423. The molecule has 2 heterocycles. The quantitative estimate of drug-likeness (QED) is 0.606. The highest BCUT2D eigenvalue weighted by Crippen LogP contribution is 2.24. The Morgan fingerprint density at radius 1 is 1.23 bits per heavy atom. The molecule has 0 atom stereocenters. The van der Waals surface area contributed by atoms with Crippen LogP contribution >= 0.6 is 22.9 Å². The Hall–Kier alpha value is -1.74. The summed E-state index contributed by atoms with van der Waals surface area (Å²) in [7, 11) is -3.56. The molecule has 0 saturated carbocycles. The number of sulfonamides is 1. The van der Waals surface area contributed by atoms with Crippen LogP contribution in [0.4, 0.5) is 0 Å². The Kier molecular flexibility index (Phi) is 6.08. The zero-order chi connectivity index (χ0) is 18.6. The highest BCUT2D eigenvalue weighted by Gasteiger charge is 2.32. The number of hydrogen-bond acceptors (Lipinski definition) is 5. The highest BCUT2D eigenvalue weighted by atomic mass is 35.5. The fraction of sp³-hybridized carbons (Fsp3) is 0.294. The second kappa shape index (κ2) is 8.30. The Labute approximate surface area is 161 Å². The third kappa shape index (κ3) is 4.50. The molecule has 6 nitrogen and oxygen atoms in total. The minimum absolute atomic E-state index is 0.179. The van der Waals surface area contributed by atoms with E-state index in [4.69, 9.17) is 11.6 Å². The van der Waals surface area contributed by atoms with Crippen molar-refractivity contribution >= 4 is 45.1 Å². The van der Waals surface area contributed by atoms with Gasteiger partial charge < -0.3 is 0 Å². The van der Waals surface area contributed by atoms with Crippen LogP contribution in [-0.2, 0) is 14.8 Å². The fourth-order valence-corrected chi connectivity index (χ4v) is 4.91. The lowest BCUT2D eigenvalue weighted by Crippen LogP contribution is -2.42. The molecule has 2 aromatic rings. The number of rotatable bonds is 5. The Balaban J connectivity index is 1.55. The van der Waals surface area contributed by atoms with Gasteiger partial charge in [-0.15, -0.1) is 11.3 Å². The monoisotopic (exact) mass is 411 g/mol. The van der Waals surface area contributed by atoms with E-state index in [0.29, 0.717) is 31.0 Å². The van der Waals surface area contributed by atoms with E-state index in [0.717, 1.165) is 4.88 Å². The van der Waals surface area contributed by atoms with Crippen molar-refractivity contribution < 1.29 is 13.2 Å². The Morgan fingerprint density at radius 2 is 1.92 bits per heavy atom. The summed E-state index contributed by atoms with van der Waals surface area (Å²) in [5, 5.41) is 6.37. The summed E-state index contributed by atoms with van der Waals surface area (Å²) < 4.78 is 26.7. The van der Waals surface area contributed by atoms with Gasteiger partial charge in [0.1, 0.15) is 0 Å². The maximum atomic E-state index is 12.6. The maximum Gasteiger partial charge on any atom is 0.243 e. The second-order valence-corrected chi connectivity index (χ2v) is 9.24. The van der Waals surface area contributed by atoms with E-state index < -0.39 is 10.0 Å². The van der Waals surface area contributed by atoms with Crippen molar-refractivity contribution in [2.75, 3.05) is 13.1 Å². The van der Waals surface area contributed by atoms with Crippen molar-refractivity contribution in [1.82, 2.24) is 9.73 Å². The smallest absolute Gasteiger partial charge is 0.243 e. The van der Waals surface area contributed by atoms with Gasteiger partial charge in [0.25, 0.3) is 0 Å². The summed E-state index contributed by atoms with van der Waals surface area (Å²) in [6, 6.07) is 9.91. The van der Waals surface area contributed by atoms with Crippen LogP contribution in [0.3, 0.4) is 0 Å². The minimum Gasteiger partial charge on any atom is -0.273 e. The number of benzene rings is 1. The molecule has 1 N–H and O–H groups in total. The van der Waals surface area contributed by atoms with Gasteiger partial charge in [-0.1, -0.05) is 17.7 Å². The summed E-state index contributed by atoms with van der Waals surface area (Å²) in [6.07, 6.45) is 2.53. The van der Waals surface area contributed by atoms with Crippen molar-refractivity contribution in [2.45, 2.75) is 17.7 Å². The molecule has 0 bridgehead atoms. The number of nitrogens with zero attached hydrogens (tertiary/aromatic N) is 2. The number of thiophene rings is 1. The average molecular weight is 412 g/mol. The normalized spacial score (nSPS) is 16.8. The SMILES string of the molecule is O=C(N/N=C\c1cccs1)C1CCN(S(=O)(=O)c2ccc(Cl)cc2)CC1. The molecule has 1 saturated heterocycles. The van der Waals surface area contributed by atoms with E-state index in [1.165, 1.54) is 27.8 Å². The first-order valence-electron chi connectivity index (χ1n) is 8.09. The number of hydrogen-bond donors (Lipinski definition) is 1. The molecule has 0 aliphatic carbocycles. The summed E-state index contributed by atoms with van der Waals surface area (Å²) in [6.45, 7) is 0.607. The van der Waals surface area contributed by atoms with Crippen molar-refractivity contribution in [3.05, 3.63) is 51.7 Å². The lowest BCUT2D eigenvalue weighted by atomic mass is 9.98. The van der Waals surface area contributed by atoms with E-state index in [-0.39, 0.29) is 16.7 Å². The van der Waals surface area contributed by atoms with Gasteiger partial charge in [0.15, 0.2) is 0 Å². The van der Waals surface area contributed by atoms with Crippen LogP contribution in [0.15, 0.2) is 51.8 Å². The van der Waals surface area contributed by atoms with Crippen LogP contribution in [-0.4, -0.2) is 37.9 Å². The molecule has 9 heteroatoms. The zero-order valence-electron chi connectivity index (χ0n) is 13.8. The summed E-state index contributed by atoms with van der Waals surface area (Å²) in [5.41, 5.74) is 2.54. The molecule has 1 fully saturated rings. The molecule has 1 aromatic carbocycles. The average Bonchev–Trinajstić information content (AvgIpc) is 3.15. The number of hydrazone groups is 1. The Morgan fingerprint density at radius 3 is 2.54 bits per heavy atom. The molecule has 1 aliphatic heterocycles. The zero-order valence-corrected chi connectivity index (χ0v) is 16.2. The predicted octanol–water partition coefficient (Wildman–Crippen LogP) is 2.95. The lowest BCUT2D eigenvalue weighted by molar-refractivity contribution is -0.126. The lowest BCUT2D eigenvalue weighted by Gasteiger charge is -2.30. The summed E-state index contributed by atoms with van der Waals surface area (Å²) >= 11 is 7.34. The first-order valence-corrected chi connectivity index (χ1v) is 10.8. The van der Waals surface area contributed by atoms with Gasteiger partial charge in [0, 0.05) is 28.9 Å². The topological polar surface area (TPSA) is 78.8 Å². The molecule has 1 aliphatic rings. The second-order valence-electron chi connectivity index (χ2n) is 5.88. The molecule has 1 amide bonds. The summed E-state index contributed by atoms with van der Waals surface area (Å²) in [4.78, 5) is 13.4. The van der Waals surface area contributed by atoms with Crippen molar-refractivity contribution in [1.29, 1.82) is 0 Å². The molecule has 26 heavy (non-hydrogen) atoms. The van der Waals surface area contributed by atoms with Crippen molar-refractivity contribution in [3.8, 4) is 0 Å². The highest BCUT2D eigenvalue weighted by molar-refractivity contribution is 7.89. The maximum absolute atomic E-state index is 12.6. The largest absolute Gasteiger partial charge is 0.273 e. The van der Waals surface area contributed by atoms with Crippen LogP contribution in [0.1, 0.15) is 17.7 Å². The number of nitrogens with one attached hydrogen (secondary N) is 1. The van der Waals surface area contributed by atoms with Gasteiger partial charge in [-0.3, -0.25) is 4.79 Å². The van der Waals surface area contributed by atoms with Crippen molar-refractivity contribution in [2.24, 2.45) is 11.0 Å². The van der Waals surface area contributed by atoms with Crippen molar-refractivity contribution in [3.63, 3.8) is 0 Å². The van der Waals surface area contributed by atoms with Crippen LogP contribution < -0.4 is 5.43 Å². The van der Waals surface area contributed by atoms with E-state index in [9.17, 15) is 13.2 Å². The Bertz CT molecular complexity index is 872. The van der Waals surface area contributed by atoms with Crippen LogP contribution in [0.5, 0.6) is 0 Å². The van der Waals surface area contributed by atoms with E-state index in [1.807, 2.05) is 17.5 Å².